The molecule has 2 rings (SSSR count). The molecule has 3 N–H and O–H groups in total. The molecular formula is C13H15N3O2S. The fourth-order valence-corrected chi connectivity index (χ4v) is 2.22. The number of nitrogens with two attached hydrogens (primary N) is 1. The monoisotopic (exact) mass is 277 g/mol. The van der Waals surface area contributed by atoms with E-state index in [0.717, 1.165) is 6.42 Å². The number of likely N-dealkylation sites (tertiary alicyclic amines) is 1. The number of para-hydroxylation sites is 1. The van der Waals surface area contributed by atoms with Crippen molar-refractivity contribution in [2.75, 3.05) is 18.4 Å². The molecule has 6 heteroatoms. The van der Waals surface area contributed by atoms with Gasteiger partial charge in [0.1, 0.15) is 4.99 Å². The number of thiocarbonyl (C=S) groups is 1. The Morgan fingerprint density at radius 2 is 2.16 bits per heavy atom. The second-order valence-corrected chi connectivity index (χ2v) is 4.82. The zero-order chi connectivity index (χ0) is 13.8. The number of amides is 2. The summed E-state index contributed by atoms with van der Waals surface area (Å²) >= 11 is 4.93. The van der Waals surface area contributed by atoms with E-state index in [4.69, 9.17) is 18.0 Å². The van der Waals surface area contributed by atoms with Gasteiger partial charge in [0.25, 0.3) is 0 Å². The first-order chi connectivity index (χ1) is 9.08. The van der Waals surface area contributed by atoms with E-state index < -0.39 is 0 Å². The second-order valence-electron chi connectivity index (χ2n) is 4.38. The van der Waals surface area contributed by atoms with Crippen LogP contribution in [-0.4, -0.2) is 34.8 Å². The number of nitrogens with one attached hydrogen (secondary N) is 1. The SMILES string of the molecule is NC(=S)c1ccccc1NC(=O)CN1CCCC1=O. The maximum atomic E-state index is 11.9. The molecule has 0 unspecified atom stereocenters. The second kappa shape index (κ2) is 5.79. The molecule has 1 aliphatic rings. The number of carbonyl (C=O) groups is 2. The molecule has 1 fully saturated rings. The highest BCUT2D eigenvalue weighted by molar-refractivity contribution is 7.80. The van der Waals surface area contributed by atoms with Gasteiger partial charge >= 0.3 is 0 Å². The molecule has 19 heavy (non-hydrogen) atoms. The van der Waals surface area contributed by atoms with Crippen LogP contribution in [0.5, 0.6) is 0 Å². The van der Waals surface area contributed by atoms with Crippen molar-refractivity contribution in [3.05, 3.63) is 29.8 Å². The Morgan fingerprint density at radius 1 is 1.42 bits per heavy atom. The van der Waals surface area contributed by atoms with E-state index in [0.29, 0.717) is 24.2 Å². The first kappa shape index (κ1) is 13.5. The molecule has 1 aromatic carbocycles. The van der Waals surface area contributed by atoms with Crippen LogP contribution in [-0.2, 0) is 9.59 Å². The first-order valence-electron chi connectivity index (χ1n) is 6.04. The first-order valence-corrected chi connectivity index (χ1v) is 6.45. The van der Waals surface area contributed by atoms with Crippen LogP contribution in [0, 0.1) is 0 Å². The normalized spacial score (nSPS) is 14.5. The summed E-state index contributed by atoms with van der Waals surface area (Å²) in [6.07, 6.45) is 1.34. The minimum absolute atomic E-state index is 0.0257. The van der Waals surface area contributed by atoms with Gasteiger partial charge in [-0.2, -0.15) is 0 Å². The molecule has 1 heterocycles. The van der Waals surface area contributed by atoms with E-state index in [1.54, 1.807) is 29.2 Å². The number of anilines is 1. The highest BCUT2D eigenvalue weighted by atomic mass is 32.1. The van der Waals surface area contributed by atoms with Crippen molar-refractivity contribution < 1.29 is 9.59 Å². The van der Waals surface area contributed by atoms with Gasteiger partial charge in [0.2, 0.25) is 11.8 Å². The number of nitrogens with zero attached hydrogens (tertiary/aromatic N) is 1. The van der Waals surface area contributed by atoms with Gasteiger partial charge in [0.05, 0.1) is 12.2 Å². The van der Waals surface area contributed by atoms with Gasteiger partial charge in [-0.25, -0.2) is 0 Å². The lowest BCUT2D eigenvalue weighted by Gasteiger charge is -2.16. The van der Waals surface area contributed by atoms with Crippen LogP contribution in [0.15, 0.2) is 24.3 Å². The third-order valence-electron chi connectivity index (χ3n) is 2.97. The van der Waals surface area contributed by atoms with Crippen LogP contribution < -0.4 is 11.1 Å². The molecule has 1 aromatic rings. The summed E-state index contributed by atoms with van der Waals surface area (Å²) in [5.74, 6) is -0.211. The van der Waals surface area contributed by atoms with Crippen LogP contribution in [0.4, 0.5) is 5.69 Å². The number of carbonyl (C=O) groups excluding carboxylic acids is 2. The smallest absolute Gasteiger partial charge is 0.244 e. The molecular weight excluding hydrogens is 262 g/mol. The highest BCUT2D eigenvalue weighted by Gasteiger charge is 2.22. The third kappa shape index (κ3) is 3.29. The summed E-state index contributed by atoms with van der Waals surface area (Å²) in [7, 11) is 0. The van der Waals surface area contributed by atoms with E-state index in [2.05, 4.69) is 5.32 Å². The van der Waals surface area contributed by atoms with Crippen molar-refractivity contribution in [2.24, 2.45) is 5.73 Å². The minimum atomic E-state index is -0.237. The predicted octanol–water partition coefficient (Wildman–Crippen LogP) is 0.882. The molecule has 1 aliphatic heterocycles. The lowest BCUT2D eigenvalue weighted by Crippen LogP contribution is -2.34. The Hall–Kier alpha value is -1.95. The van der Waals surface area contributed by atoms with Crippen LogP contribution >= 0.6 is 12.2 Å². The van der Waals surface area contributed by atoms with Gasteiger partial charge in [0.15, 0.2) is 0 Å². The maximum absolute atomic E-state index is 11.9. The molecule has 1 saturated heterocycles. The summed E-state index contributed by atoms with van der Waals surface area (Å²) in [6, 6.07) is 7.07. The Morgan fingerprint density at radius 3 is 2.79 bits per heavy atom. The van der Waals surface area contributed by atoms with Gasteiger partial charge in [-0.05, 0) is 18.6 Å². The number of hydrogen-bond donors (Lipinski definition) is 2. The van der Waals surface area contributed by atoms with Gasteiger partial charge < -0.3 is 16.0 Å². The zero-order valence-corrected chi connectivity index (χ0v) is 11.2. The summed E-state index contributed by atoms with van der Waals surface area (Å²) in [4.78, 5) is 25.1. The van der Waals surface area contributed by atoms with Crippen LogP contribution in [0.25, 0.3) is 0 Å². The van der Waals surface area contributed by atoms with E-state index in [9.17, 15) is 9.59 Å². The Balaban J connectivity index is 2.03. The van der Waals surface area contributed by atoms with E-state index in [1.165, 1.54) is 0 Å². The van der Waals surface area contributed by atoms with Gasteiger partial charge in [0, 0.05) is 18.5 Å². The molecule has 5 nitrogen and oxygen atoms in total. The topological polar surface area (TPSA) is 75.4 Å². The molecule has 0 bridgehead atoms. The molecule has 0 saturated carbocycles. The average Bonchev–Trinajstić information content (AvgIpc) is 2.75. The van der Waals surface area contributed by atoms with Gasteiger partial charge in [-0.15, -0.1) is 0 Å². The van der Waals surface area contributed by atoms with Crippen molar-refractivity contribution in [3.8, 4) is 0 Å². The fourth-order valence-electron chi connectivity index (χ4n) is 2.04. The average molecular weight is 277 g/mol. The van der Waals surface area contributed by atoms with E-state index in [-0.39, 0.29) is 23.3 Å². The standard InChI is InChI=1S/C13H15N3O2S/c14-13(19)9-4-1-2-5-10(9)15-11(17)8-16-7-3-6-12(16)18/h1-2,4-5H,3,6-8H2,(H2,14,19)(H,15,17). The Labute approximate surface area is 116 Å². The molecule has 0 aromatic heterocycles. The third-order valence-corrected chi connectivity index (χ3v) is 3.19. The maximum Gasteiger partial charge on any atom is 0.244 e. The summed E-state index contributed by atoms with van der Waals surface area (Å²) in [6.45, 7) is 0.716. The summed E-state index contributed by atoms with van der Waals surface area (Å²) in [5.41, 5.74) is 6.79. The highest BCUT2D eigenvalue weighted by Crippen LogP contribution is 2.15. The molecule has 0 aliphatic carbocycles. The van der Waals surface area contributed by atoms with Crippen LogP contribution in [0.2, 0.25) is 0 Å². The summed E-state index contributed by atoms with van der Waals surface area (Å²) in [5, 5.41) is 2.74. The summed E-state index contributed by atoms with van der Waals surface area (Å²) < 4.78 is 0. The molecule has 100 valence electrons. The lowest BCUT2D eigenvalue weighted by molar-refractivity contribution is -0.131. The minimum Gasteiger partial charge on any atom is -0.389 e. The molecule has 0 spiro atoms. The Kier molecular flexibility index (Phi) is 4.11. The van der Waals surface area contributed by atoms with E-state index in [1.807, 2.05) is 0 Å². The van der Waals surface area contributed by atoms with Crippen LogP contribution in [0.3, 0.4) is 0 Å². The number of rotatable bonds is 4. The number of benzene rings is 1. The predicted molar refractivity (Wildman–Crippen MR) is 76.8 cm³/mol. The van der Waals surface area contributed by atoms with Crippen molar-refractivity contribution in [2.45, 2.75) is 12.8 Å². The quantitative estimate of drug-likeness (QED) is 0.801. The van der Waals surface area contributed by atoms with Gasteiger partial charge in [-0.3, -0.25) is 9.59 Å². The van der Waals surface area contributed by atoms with Crippen molar-refractivity contribution >= 4 is 34.7 Å². The van der Waals surface area contributed by atoms with Crippen molar-refractivity contribution in [1.29, 1.82) is 0 Å². The fraction of sp³-hybridized carbons (Fsp3) is 0.308. The van der Waals surface area contributed by atoms with Gasteiger partial charge in [-0.1, -0.05) is 24.4 Å². The Bertz CT molecular complexity index is 530. The molecule has 0 radical (unpaired) electrons. The lowest BCUT2D eigenvalue weighted by atomic mass is 10.2. The number of hydrogen-bond acceptors (Lipinski definition) is 3. The molecule has 2 amide bonds. The van der Waals surface area contributed by atoms with Crippen molar-refractivity contribution in [1.82, 2.24) is 4.90 Å². The van der Waals surface area contributed by atoms with Crippen LogP contribution in [0.1, 0.15) is 18.4 Å². The largest absolute Gasteiger partial charge is 0.389 e. The van der Waals surface area contributed by atoms with Crippen molar-refractivity contribution in [3.63, 3.8) is 0 Å². The zero-order valence-electron chi connectivity index (χ0n) is 10.4. The molecule has 0 atom stereocenters. The van der Waals surface area contributed by atoms with E-state index >= 15 is 0 Å².